The minimum atomic E-state index is 0.750. The molecule has 0 bridgehead atoms. The molecule has 2 atom stereocenters. The number of nitrogens with zero attached hydrogens (tertiary/aromatic N) is 1. The van der Waals surface area contributed by atoms with E-state index in [0.717, 1.165) is 29.4 Å². The van der Waals surface area contributed by atoms with Crippen molar-refractivity contribution in [1.82, 2.24) is 5.32 Å². The molecule has 0 aromatic heterocycles. The first-order chi connectivity index (χ1) is 9.81. The number of nitrogens with one attached hydrogen (secondary N) is 1. The molecular weight excluding hydrogens is 268 g/mol. The summed E-state index contributed by atoms with van der Waals surface area (Å²) in [4.78, 5) is 2.56. The summed E-state index contributed by atoms with van der Waals surface area (Å²) in [5, 5.41) is 4.56. The van der Waals surface area contributed by atoms with Crippen LogP contribution < -0.4 is 10.2 Å². The second-order valence-corrected chi connectivity index (χ2v) is 7.17. The summed E-state index contributed by atoms with van der Waals surface area (Å²) < 4.78 is 0. The fourth-order valence-corrected chi connectivity index (χ4v) is 4.33. The number of halogens is 1. The van der Waals surface area contributed by atoms with E-state index < -0.39 is 0 Å². The molecule has 2 aliphatic carbocycles. The third-order valence-electron chi connectivity index (χ3n) is 5.27. The lowest BCUT2D eigenvalue weighted by atomic mass is 10.0. The molecule has 20 heavy (non-hydrogen) atoms. The van der Waals surface area contributed by atoms with Crippen LogP contribution >= 0.6 is 11.6 Å². The maximum atomic E-state index is 6.53. The van der Waals surface area contributed by atoms with Crippen LogP contribution in [0.3, 0.4) is 0 Å². The molecule has 0 radical (unpaired) electrons. The van der Waals surface area contributed by atoms with Gasteiger partial charge in [0.1, 0.15) is 0 Å². The Morgan fingerprint density at radius 1 is 1.10 bits per heavy atom. The SMILES string of the molecule is Clc1cccc(CNC2CC2)c1N1CC2CCCC2C1. The molecule has 3 heteroatoms. The van der Waals surface area contributed by atoms with Gasteiger partial charge >= 0.3 is 0 Å². The molecule has 2 nitrogen and oxygen atoms in total. The standard InChI is InChI=1S/C17H23ClN2/c18-16-6-2-3-12(9-19-15-7-8-15)17(16)20-10-13-4-1-5-14(13)11-20/h2-3,6,13-15,19H,1,4-5,7-11H2. The van der Waals surface area contributed by atoms with Crippen LogP contribution in [0.5, 0.6) is 0 Å². The molecule has 1 saturated heterocycles. The first kappa shape index (κ1) is 13.0. The minimum Gasteiger partial charge on any atom is -0.369 e. The van der Waals surface area contributed by atoms with Crippen molar-refractivity contribution in [3.63, 3.8) is 0 Å². The molecule has 2 unspecified atom stereocenters. The summed E-state index contributed by atoms with van der Waals surface area (Å²) in [6.45, 7) is 3.39. The summed E-state index contributed by atoms with van der Waals surface area (Å²) in [7, 11) is 0. The number of para-hydroxylation sites is 1. The van der Waals surface area contributed by atoms with Crippen LogP contribution in [-0.2, 0) is 6.54 Å². The molecule has 2 saturated carbocycles. The monoisotopic (exact) mass is 290 g/mol. The fraction of sp³-hybridized carbons (Fsp3) is 0.647. The third kappa shape index (κ3) is 2.44. The van der Waals surface area contributed by atoms with Gasteiger partial charge in [-0.1, -0.05) is 30.2 Å². The normalized spacial score (nSPS) is 28.9. The van der Waals surface area contributed by atoms with E-state index in [1.54, 1.807) is 0 Å². The van der Waals surface area contributed by atoms with Crippen molar-refractivity contribution in [2.24, 2.45) is 11.8 Å². The van der Waals surface area contributed by atoms with Crippen LogP contribution in [0.1, 0.15) is 37.7 Å². The van der Waals surface area contributed by atoms with Crippen molar-refractivity contribution in [2.75, 3.05) is 18.0 Å². The van der Waals surface area contributed by atoms with Crippen LogP contribution in [0.2, 0.25) is 5.02 Å². The van der Waals surface area contributed by atoms with Crippen molar-refractivity contribution in [3.8, 4) is 0 Å². The number of benzene rings is 1. The summed E-state index contributed by atoms with van der Waals surface area (Å²) in [5.74, 6) is 1.83. The Labute approximate surface area is 126 Å². The lowest BCUT2D eigenvalue weighted by Gasteiger charge is -2.24. The van der Waals surface area contributed by atoms with E-state index in [0.29, 0.717) is 0 Å². The van der Waals surface area contributed by atoms with Crippen LogP contribution in [0.15, 0.2) is 18.2 Å². The molecule has 1 aromatic carbocycles. The number of hydrogen-bond donors (Lipinski definition) is 1. The van der Waals surface area contributed by atoms with Gasteiger partial charge in [-0.2, -0.15) is 0 Å². The van der Waals surface area contributed by atoms with Gasteiger partial charge in [0.2, 0.25) is 0 Å². The summed E-state index contributed by atoms with van der Waals surface area (Å²) >= 11 is 6.53. The van der Waals surface area contributed by atoms with Gasteiger partial charge < -0.3 is 10.2 Å². The second-order valence-electron chi connectivity index (χ2n) is 6.76. The predicted octanol–water partition coefficient (Wildman–Crippen LogP) is 3.83. The Morgan fingerprint density at radius 2 is 1.85 bits per heavy atom. The van der Waals surface area contributed by atoms with Crippen LogP contribution in [0.25, 0.3) is 0 Å². The van der Waals surface area contributed by atoms with E-state index in [4.69, 9.17) is 11.6 Å². The molecule has 0 amide bonds. The Morgan fingerprint density at radius 3 is 2.55 bits per heavy atom. The smallest absolute Gasteiger partial charge is 0.0642 e. The summed E-state index contributed by atoms with van der Waals surface area (Å²) in [6, 6.07) is 7.13. The van der Waals surface area contributed by atoms with Gasteiger partial charge in [0.05, 0.1) is 10.7 Å². The van der Waals surface area contributed by atoms with Gasteiger partial charge in [-0.15, -0.1) is 0 Å². The van der Waals surface area contributed by atoms with Crippen LogP contribution in [0, 0.1) is 11.8 Å². The number of hydrogen-bond acceptors (Lipinski definition) is 2. The highest BCUT2D eigenvalue weighted by Gasteiger charge is 2.37. The number of anilines is 1. The van der Waals surface area contributed by atoms with Crippen molar-refractivity contribution in [1.29, 1.82) is 0 Å². The fourth-order valence-electron chi connectivity index (χ4n) is 4.02. The Kier molecular flexibility index (Phi) is 3.39. The van der Waals surface area contributed by atoms with Crippen LogP contribution in [-0.4, -0.2) is 19.1 Å². The number of rotatable bonds is 4. The van der Waals surface area contributed by atoms with Crippen molar-refractivity contribution >= 4 is 17.3 Å². The van der Waals surface area contributed by atoms with E-state index in [1.807, 2.05) is 6.07 Å². The lowest BCUT2D eigenvalue weighted by molar-refractivity contribution is 0.494. The lowest BCUT2D eigenvalue weighted by Crippen LogP contribution is -2.24. The van der Waals surface area contributed by atoms with E-state index >= 15 is 0 Å². The maximum absolute atomic E-state index is 6.53. The minimum absolute atomic E-state index is 0.750. The quantitative estimate of drug-likeness (QED) is 0.907. The van der Waals surface area contributed by atoms with E-state index in [2.05, 4.69) is 22.3 Å². The number of fused-ring (bicyclic) bond motifs is 1. The predicted molar refractivity (Wildman–Crippen MR) is 84.4 cm³/mol. The zero-order valence-corrected chi connectivity index (χ0v) is 12.7. The van der Waals surface area contributed by atoms with Crippen molar-refractivity contribution < 1.29 is 0 Å². The zero-order chi connectivity index (χ0) is 13.5. The Hall–Kier alpha value is -0.730. The van der Waals surface area contributed by atoms with Crippen LogP contribution in [0.4, 0.5) is 5.69 Å². The largest absolute Gasteiger partial charge is 0.369 e. The van der Waals surface area contributed by atoms with Gasteiger partial charge in [0.25, 0.3) is 0 Å². The highest BCUT2D eigenvalue weighted by Crippen LogP contribution is 2.42. The molecule has 1 aromatic rings. The molecule has 3 aliphatic rings. The highest BCUT2D eigenvalue weighted by molar-refractivity contribution is 6.33. The van der Waals surface area contributed by atoms with E-state index in [-0.39, 0.29) is 0 Å². The highest BCUT2D eigenvalue weighted by atomic mass is 35.5. The Bertz CT molecular complexity index is 486. The maximum Gasteiger partial charge on any atom is 0.0642 e. The second kappa shape index (κ2) is 5.23. The van der Waals surface area contributed by atoms with Gasteiger partial charge in [-0.05, 0) is 49.1 Å². The molecular formula is C17H23ClN2. The van der Waals surface area contributed by atoms with Gasteiger partial charge in [-0.3, -0.25) is 0 Å². The topological polar surface area (TPSA) is 15.3 Å². The zero-order valence-electron chi connectivity index (χ0n) is 11.9. The van der Waals surface area contributed by atoms with E-state index in [1.165, 1.54) is 56.4 Å². The first-order valence-corrected chi connectivity index (χ1v) is 8.45. The first-order valence-electron chi connectivity index (χ1n) is 8.07. The molecule has 1 aliphatic heterocycles. The average molecular weight is 291 g/mol. The summed E-state index contributed by atoms with van der Waals surface area (Å²) in [5.41, 5.74) is 2.68. The average Bonchev–Trinajstić information content (AvgIpc) is 3.02. The van der Waals surface area contributed by atoms with Gasteiger partial charge in [0.15, 0.2) is 0 Å². The molecule has 4 rings (SSSR count). The third-order valence-corrected chi connectivity index (χ3v) is 5.58. The molecule has 108 valence electrons. The van der Waals surface area contributed by atoms with Crippen molar-refractivity contribution in [3.05, 3.63) is 28.8 Å². The molecule has 0 spiro atoms. The van der Waals surface area contributed by atoms with Crippen molar-refractivity contribution in [2.45, 2.75) is 44.7 Å². The van der Waals surface area contributed by atoms with E-state index in [9.17, 15) is 0 Å². The molecule has 1 N–H and O–H groups in total. The summed E-state index contributed by atoms with van der Waals surface area (Å²) in [6.07, 6.45) is 6.94. The molecule has 1 heterocycles. The molecule has 3 fully saturated rings. The van der Waals surface area contributed by atoms with Gasteiger partial charge in [-0.25, -0.2) is 0 Å². The Balaban J connectivity index is 1.56. The van der Waals surface area contributed by atoms with Gasteiger partial charge in [0, 0.05) is 25.7 Å².